The van der Waals surface area contributed by atoms with E-state index in [1.807, 2.05) is 36.4 Å². The molecule has 2 aliphatic heterocycles. The van der Waals surface area contributed by atoms with Gasteiger partial charge in [-0.15, -0.1) is 0 Å². The van der Waals surface area contributed by atoms with Crippen molar-refractivity contribution < 1.29 is 28.3 Å². The summed E-state index contributed by atoms with van der Waals surface area (Å²) in [5.74, 6) is -2.93. The molecule has 2 saturated heterocycles. The van der Waals surface area contributed by atoms with Gasteiger partial charge in [0.2, 0.25) is 5.91 Å². The lowest BCUT2D eigenvalue weighted by molar-refractivity contribution is -0.126. The fourth-order valence-electron chi connectivity index (χ4n) is 4.90. The molecule has 0 bridgehead atoms. The van der Waals surface area contributed by atoms with E-state index >= 15 is 0 Å². The largest absolute Gasteiger partial charge is 0.423 e. The maximum atomic E-state index is 14.6. The molecule has 0 aromatic heterocycles. The van der Waals surface area contributed by atoms with Crippen molar-refractivity contribution in [1.29, 1.82) is 0 Å². The molecule has 0 N–H and O–H groups in total. The summed E-state index contributed by atoms with van der Waals surface area (Å²) in [5, 5.41) is 1.55. The van der Waals surface area contributed by atoms with E-state index in [0.717, 1.165) is 4.90 Å². The second-order valence-electron chi connectivity index (χ2n) is 8.95. The van der Waals surface area contributed by atoms with Crippen LogP contribution >= 0.6 is 0 Å². The topological polar surface area (TPSA) is 76.2 Å². The SMILES string of the molecule is O=C(Oc1ccc([C@@H]2[C@@H]3C(=O)N(c4ccccc4F)C(=O)[C@H]3ON2c2ccccc2)cc1)c1ccccc1. The van der Waals surface area contributed by atoms with Gasteiger partial charge in [0.1, 0.15) is 17.5 Å². The van der Waals surface area contributed by atoms with Gasteiger partial charge in [-0.05, 0) is 54.1 Å². The summed E-state index contributed by atoms with van der Waals surface area (Å²) in [4.78, 5) is 46.4. The number of esters is 1. The number of hydrogen-bond acceptors (Lipinski definition) is 6. The van der Waals surface area contributed by atoms with Crippen LogP contribution in [0.4, 0.5) is 15.8 Å². The van der Waals surface area contributed by atoms with Crippen LogP contribution in [0, 0.1) is 11.7 Å². The van der Waals surface area contributed by atoms with Crippen molar-refractivity contribution in [2.24, 2.45) is 5.92 Å². The minimum Gasteiger partial charge on any atom is -0.423 e. The van der Waals surface area contributed by atoms with E-state index in [4.69, 9.17) is 9.57 Å². The van der Waals surface area contributed by atoms with Crippen LogP contribution in [0.5, 0.6) is 5.75 Å². The fourth-order valence-corrected chi connectivity index (χ4v) is 4.90. The number of amides is 2. The van der Waals surface area contributed by atoms with Gasteiger partial charge in [-0.2, -0.15) is 0 Å². The molecule has 6 rings (SSSR count). The number of halogens is 1. The van der Waals surface area contributed by atoms with Gasteiger partial charge in [-0.1, -0.05) is 60.7 Å². The summed E-state index contributed by atoms with van der Waals surface area (Å²) in [6, 6.07) is 29.4. The van der Waals surface area contributed by atoms with Crippen LogP contribution in [0.1, 0.15) is 22.0 Å². The molecule has 0 radical (unpaired) electrons. The van der Waals surface area contributed by atoms with Gasteiger partial charge in [-0.25, -0.2) is 19.1 Å². The Hall–Kier alpha value is -4.82. The van der Waals surface area contributed by atoms with Crippen molar-refractivity contribution in [1.82, 2.24) is 0 Å². The van der Waals surface area contributed by atoms with Crippen molar-refractivity contribution in [3.8, 4) is 5.75 Å². The highest BCUT2D eigenvalue weighted by Gasteiger charge is 2.60. The van der Waals surface area contributed by atoms with Crippen LogP contribution in [0.2, 0.25) is 0 Å². The molecule has 2 amide bonds. The van der Waals surface area contributed by atoms with Gasteiger partial charge in [0.05, 0.1) is 23.0 Å². The minimum absolute atomic E-state index is 0.103. The summed E-state index contributed by atoms with van der Waals surface area (Å²) >= 11 is 0. The smallest absolute Gasteiger partial charge is 0.343 e. The first-order valence-electron chi connectivity index (χ1n) is 12.0. The fraction of sp³-hybridized carbons (Fsp3) is 0.100. The third-order valence-electron chi connectivity index (χ3n) is 6.66. The lowest BCUT2D eigenvalue weighted by Crippen LogP contribution is -2.37. The Kier molecular flexibility index (Phi) is 5.94. The van der Waals surface area contributed by atoms with E-state index in [9.17, 15) is 18.8 Å². The second-order valence-corrected chi connectivity index (χ2v) is 8.95. The van der Waals surface area contributed by atoms with Gasteiger partial charge in [0.15, 0.2) is 6.10 Å². The van der Waals surface area contributed by atoms with Gasteiger partial charge in [0, 0.05) is 0 Å². The average molecular weight is 509 g/mol. The first kappa shape index (κ1) is 23.6. The molecule has 7 nitrogen and oxygen atoms in total. The zero-order valence-corrected chi connectivity index (χ0v) is 19.9. The Bertz CT molecular complexity index is 1510. The van der Waals surface area contributed by atoms with E-state index in [1.54, 1.807) is 59.7 Å². The number of fused-ring (bicyclic) bond motifs is 1. The summed E-state index contributed by atoms with van der Waals surface area (Å²) in [6.45, 7) is 0. The molecule has 0 aliphatic carbocycles. The zero-order valence-electron chi connectivity index (χ0n) is 19.9. The summed E-state index contributed by atoms with van der Waals surface area (Å²) < 4.78 is 20.0. The van der Waals surface area contributed by atoms with Crippen LogP contribution < -0.4 is 14.7 Å². The highest BCUT2D eigenvalue weighted by Crippen LogP contribution is 2.48. The van der Waals surface area contributed by atoms with Gasteiger partial charge < -0.3 is 4.74 Å². The Labute approximate surface area is 217 Å². The van der Waals surface area contributed by atoms with Crippen molar-refractivity contribution in [2.75, 3.05) is 9.96 Å². The third-order valence-corrected chi connectivity index (χ3v) is 6.66. The number of para-hydroxylation sites is 2. The Morgan fingerprint density at radius 1 is 0.763 bits per heavy atom. The number of rotatable bonds is 5. The minimum atomic E-state index is -1.12. The monoisotopic (exact) mass is 508 g/mol. The standard InChI is InChI=1S/C30H21FN2O5/c31-23-13-7-8-14-24(23)32-28(34)25-26(33(38-27(25)29(32)35)21-11-5-2-6-12-21)19-15-17-22(18-16-19)37-30(36)20-9-3-1-4-10-20/h1-18,25-27H/t25-,26+,27-/m0/s1. The third kappa shape index (κ3) is 4.01. The predicted molar refractivity (Wildman–Crippen MR) is 137 cm³/mol. The molecule has 8 heteroatoms. The van der Waals surface area contributed by atoms with E-state index in [-0.39, 0.29) is 5.69 Å². The van der Waals surface area contributed by atoms with Crippen molar-refractivity contribution >= 4 is 29.2 Å². The molecule has 0 spiro atoms. The summed E-state index contributed by atoms with van der Waals surface area (Å²) in [6.07, 6.45) is -1.12. The van der Waals surface area contributed by atoms with E-state index in [2.05, 4.69) is 0 Å². The van der Waals surface area contributed by atoms with Gasteiger partial charge >= 0.3 is 5.97 Å². The molecule has 0 saturated carbocycles. The molecule has 2 aliphatic rings. The average Bonchev–Trinajstić information content (AvgIpc) is 3.46. The summed E-state index contributed by atoms with van der Waals surface area (Å²) in [5.41, 5.74) is 1.64. The molecule has 4 aromatic rings. The van der Waals surface area contributed by atoms with Crippen LogP contribution in [0.15, 0.2) is 109 Å². The van der Waals surface area contributed by atoms with E-state index in [1.165, 1.54) is 18.2 Å². The second kappa shape index (κ2) is 9.57. The Morgan fingerprint density at radius 3 is 2.08 bits per heavy atom. The van der Waals surface area contributed by atoms with Crippen molar-refractivity contribution in [3.05, 3.63) is 126 Å². The number of nitrogens with zero attached hydrogens (tertiary/aromatic N) is 2. The van der Waals surface area contributed by atoms with Crippen molar-refractivity contribution in [3.63, 3.8) is 0 Å². The highest BCUT2D eigenvalue weighted by atomic mass is 19.1. The summed E-state index contributed by atoms with van der Waals surface area (Å²) in [7, 11) is 0. The first-order chi connectivity index (χ1) is 18.5. The van der Waals surface area contributed by atoms with E-state index in [0.29, 0.717) is 22.6 Å². The predicted octanol–water partition coefficient (Wildman–Crippen LogP) is 5.10. The van der Waals surface area contributed by atoms with Crippen LogP contribution in [0.25, 0.3) is 0 Å². The molecule has 2 heterocycles. The Balaban J connectivity index is 1.34. The maximum Gasteiger partial charge on any atom is 0.343 e. The van der Waals surface area contributed by atoms with Crippen LogP contribution in [-0.4, -0.2) is 23.9 Å². The highest BCUT2D eigenvalue weighted by molar-refractivity contribution is 6.24. The number of hydroxylamine groups is 1. The van der Waals surface area contributed by atoms with Gasteiger partial charge in [0.25, 0.3) is 5.91 Å². The van der Waals surface area contributed by atoms with E-state index < -0.39 is 41.7 Å². The zero-order chi connectivity index (χ0) is 26.2. The van der Waals surface area contributed by atoms with Crippen LogP contribution in [-0.2, 0) is 14.4 Å². The number of benzene rings is 4. The number of carbonyl (C=O) groups is 3. The first-order valence-corrected chi connectivity index (χ1v) is 12.0. The number of carbonyl (C=O) groups excluding carboxylic acids is 3. The molecule has 0 unspecified atom stereocenters. The Morgan fingerprint density at radius 2 is 1.39 bits per heavy atom. The molecular weight excluding hydrogens is 487 g/mol. The lowest BCUT2D eigenvalue weighted by atomic mass is 9.90. The van der Waals surface area contributed by atoms with Crippen molar-refractivity contribution in [2.45, 2.75) is 12.1 Å². The van der Waals surface area contributed by atoms with Gasteiger partial charge in [-0.3, -0.25) is 14.4 Å². The number of hydrogen-bond donors (Lipinski definition) is 0. The molecule has 38 heavy (non-hydrogen) atoms. The lowest BCUT2D eigenvalue weighted by Gasteiger charge is -2.28. The van der Waals surface area contributed by atoms with Crippen LogP contribution in [0.3, 0.4) is 0 Å². The number of anilines is 2. The normalized spacial score (nSPS) is 20.5. The maximum absolute atomic E-state index is 14.6. The molecule has 188 valence electrons. The number of imide groups is 1. The molecule has 2 fully saturated rings. The molecular formula is C30H21FN2O5. The molecule has 3 atom stereocenters. The quantitative estimate of drug-likeness (QED) is 0.212. The number of ether oxygens (including phenoxy) is 1. The molecule has 4 aromatic carbocycles.